The number of carbonyl (C=O) groups excluding carboxylic acids is 1. The van der Waals surface area contributed by atoms with Gasteiger partial charge in [-0.3, -0.25) is 10.2 Å². The Morgan fingerprint density at radius 2 is 1.90 bits per heavy atom. The zero-order valence-corrected chi connectivity index (χ0v) is 11.5. The van der Waals surface area contributed by atoms with Crippen molar-refractivity contribution in [3.05, 3.63) is 29.8 Å². The van der Waals surface area contributed by atoms with Crippen molar-refractivity contribution in [1.29, 1.82) is 0 Å². The number of amides is 1. The lowest BCUT2D eigenvalue weighted by molar-refractivity contribution is -0.167. The quantitative estimate of drug-likeness (QED) is 0.898. The molecule has 7 heteroatoms. The highest BCUT2D eigenvalue weighted by atomic mass is 19.4. The Bertz CT molecular complexity index is 485. The molecule has 0 atom stereocenters. The molecular weight excluding hydrogens is 283 g/mol. The van der Waals surface area contributed by atoms with Crippen molar-refractivity contribution >= 4 is 11.6 Å². The first-order valence-electron chi connectivity index (χ1n) is 6.91. The standard InChI is InChI=1S/C14H18F3N3O/c15-14(16,17)13(21)19-12-6-4-5-11(9-12)10-18-20-7-2-1-3-8-20/h4-6,9,18H,1-3,7-8,10H2,(H,19,21). The molecule has 1 aliphatic rings. The SMILES string of the molecule is O=C(Nc1cccc(CNN2CCCCC2)c1)C(F)(F)F. The minimum Gasteiger partial charge on any atom is -0.318 e. The summed E-state index contributed by atoms with van der Waals surface area (Å²) in [6.07, 6.45) is -1.34. The first-order valence-corrected chi connectivity index (χ1v) is 6.91. The van der Waals surface area contributed by atoms with Gasteiger partial charge in [0.05, 0.1) is 0 Å². The summed E-state index contributed by atoms with van der Waals surface area (Å²) in [5.41, 5.74) is 4.22. The van der Waals surface area contributed by atoms with Crippen LogP contribution in [0.5, 0.6) is 0 Å². The summed E-state index contributed by atoms with van der Waals surface area (Å²) in [5, 5.41) is 3.97. The molecule has 1 aromatic rings. The molecule has 0 unspecified atom stereocenters. The van der Waals surface area contributed by atoms with Crippen LogP contribution in [0.4, 0.5) is 18.9 Å². The van der Waals surface area contributed by atoms with Crippen LogP contribution in [-0.2, 0) is 11.3 Å². The fourth-order valence-corrected chi connectivity index (χ4v) is 2.22. The van der Waals surface area contributed by atoms with Gasteiger partial charge in [-0.2, -0.15) is 13.2 Å². The molecule has 1 amide bonds. The molecule has 0 spiro atoms. The molecule has 1 saturated heterocycles. The van der Waals surface area contributed by atoms with E-state index in [9.17, 15) is 18.0 Å². The Morgan fingerprint density at radius 3 is 2.57 bits per heavy atom. The Labute approximate surface area is 121 Å². The van der Waals surface area contributed by atoms with Crippen LogP contribution in [0.3, 0.4) is 0 Å². The van der Waals surface area contributed by atoms with E-state index in [2.05, 4.69) is 10.4 Å². The number of hydrazine groups is 1. The first-order chi connectivity index (χ1) is 9.95. The second-order valence-corrected chi connectivity index (χ2v) is 5.03. The zero-order valence-electron chi connectivity index (χ0n) is 11.5. The molecule has 1 heterocycles. The van der Waals surface area contributed by atoms with E-state index < -0.39 is 12.1 Å². The van der Waals surface area contributed by atoms with Crippen LogP contribution in [0.15, 0.2) is 24.3 Å². The van der Waals surface area contributed by atoms with Crippen molar-refractivity contribution in [3.8, 4) is 0 Å². The summed E-state index contributed by atoms with van der Waals surface area (Å²) in [7, 11) is 0. The van der Waals surface area contributed by atoms with Gasteiger partial charge in [0.1, 0.15) is 0 Å². The molecule has 1 aliphatic heterocycles. The van der Waals surface area contributed by atoms with Crippen LogP contribution in [-0.4, -0.2) is 30.2 Å². The van der Waals surface area contributed by atoms with Crippen molar-refractivity contribution in [1.82, 2.24) is 10.4 Å². The highest BCUT2D eigenvalue weighted by Crippen LogP contribution is 2.19. The Balaban J connectivity index is 1.89. The van der Waals surface area contributed by atoms with Crippen molar-refractivity contribution in [3.63, 3.8) is 0 Å². The predicted octanol–water partition coefficient (Wildman–Crippen LogP) is 2.68. The van der Waals surface area contributed by atoms with Gasteiger partial charge in [-0.1, -0.05) is 18.6 Å². The number of carbonyl (C=O) groups is 1. The third-order valence-electron chi connectivity index (χ3n) is 3.31. The largest absolute Gasteiger partial charge is 0.471 e. The molecular formula is C14H18F3N3O. The maximum absolute atomic E-state index is 12.2. The van der Waals surface area contributed by atoms with E-state index in [-0.39, 0.29) is 5.69 Å². The first kappa shape index (κ1) is 15.8. The van der Waals surface area contributed by atoms with Gasteiger partial charge in [0.15, 0.2) is 0 Å². The number of hydrogen-bond acceptors (Lipinski definition) is 3. The Kier molecular flexibility index (Phi) is 5.19. The molecule has 0 radical (unpaired) electrons. The van der Waals surface area contributed by atoms with E-state index >= 15 is 0 Å². The average molecular weight is 301 g/mol. The van der Waals surface area contributed by atoms with E-state index in [0.29, 0.717) is 6.54 Å². The second kappa shape index (κ2) is 6.91. The van der Waals surface area contributed by atoms with Crippen molar-refractivity contribution < 1.29 is 18.0 Å². The van der Waals surface area contributed by atoms with Crippen molar-refractivity contribution in [2.24, 2.45) is 0 Å². The third-order valence-corrected chi connectivity index (χ3v) is 3.31. The lowest BCUT2D eigenvalue weighted by atomic mass is 10.1. The van der Waals surface area contributed by atoms with Crippen molar-refractivity contribution in [2.45, 2.75) is 32.0 Å². The molecule has 1 aromatic carbocycles. The lowest BCUT2D eigenvalue weighted by Crippen LogP contribution is -2.41. The minimum atomic E-state index is -4.87. The number of nitrogens with zero attached hydrogens (tertiary/aromatic N) is 1. The maximum Gasteiger partial charge on any atom is 0.471 e. The topological polar surface area (TPSA) is 44.4 Å². The average Bonchev–Trinajstić information content (AvgIpc) is 2.46. The van der Waals surface area contributed by atoms with Crippen LogP contribution >= 0.6 is 0 Å². The molecule has 2 N–H and O–H groups in total. The minimum absolute atomic E-state index is 0.148. The van der Waals surface area contributed by atoms with Crippen molar-refractivity contribution in [2.75, 3.05) is 18.4 Å². The molecule has 4 nitrogen and oxygen atoms in total. The highest BCUT2D eigenvalue weighted by molar-refractivity contribution is 5.94. The summed E-state index contributed by atoms with van der Waals surface area (Å²) in [6, 6.07) is 6.41. The Hall–Kier alpha value is -1.60. The molecule has 0 aromatic heterocycles. The fourth-order valence-electron chi connectivity index (χ4n) is 2.22. The van der Waals surface area contributed by atoms with Gasteiger partial charge < -0.3 is 5.32 Å². The van der Waals surface area contributed by atoms with Crippen LogP contribution in [0.25, 0.3) is 0 Å². The number of benzene rings is 1. The second-order valence-electron chi connectivity index (χ2n) is 5.03. The number of nitrogens with one attached hydrogen (secondary N) is 2. The third kappa shape index (κ3) is 5.02. The van der Waals surface area contributed by atoms with Gasteiger partial charge in [0.25, 0.3) is 0 Å². The maximum atomic E-state index is 12.2. The molecule has 0 bridgehead atoms. The predicted molar refractivity (Wildman–Crippen MR) is 73.4 cm³/mol. The monoisotopic (exact) mass is 301 g/mol. The molecule has 0 saturated carbocycles. The molecule has 21 heavy (non-hydrogen) atoms. The van der Waals surface area contributed by atoms with Crippen LogP contribution in [0.1, 0.15) is 24.8 Å². The van der Waals surface area contributed by atoms with Crippen LogP contribution in [0, 0.1) is 0 Å². The summed E-state index contributed by atoms with van der Waals surface area (Å²) in [6.45, 7) is 2.48. The van der Waals surface area contributed by atoms with Gasteiger partial charge in [0.2, 0.25) is 0 Å². The number of piperidine rings is 1. The normalized spacial score (nSPS) is 16.7. The van der Waals surface area contributed by atoms with Gasteiger partial charge in [-0.15, -0.1) is 0 Å². The number of halogens is 3. The number of rotatable bonds is 4. The number of hydrogen-bond donors (Lipinski definition) is 2. The van der Waals surface area contributed by atoms with E-state index in [1.54, 1.807) is 18.2 Å². The van der Waals surface area contributed by atoms with E-state index in [1.165, 1.54) is 12.5 Å². The van der Waals surface area contributed by atoms with E-state index in [1.807, 2.05) is 5.32 Å². The summed E-state index contributed by atoms with van der Waals surface area (Å²) in [4.78, 5) is 10.9. The molecule has 1 fully saturated rings. The number of anilines is 1. The van der Waals surface area contributed by atoms with Gasteiger partial charge in [-0.05, 0) is 30.5 Å². The van der Waals surface area contributed by atoms with E-state index in [0.717, 1.165) is 31.5 Å². The smallest absolute Gasteiger partial charge is 0.318 e. The molecule has 0 aliphatic carbocycles. The molecule has 116 valence electrons. The summed E-state index contributed by atoms with van der Waals surface area (Å²) in [5.74, 6) is -1.95. The number of alkyl halides is 3. The van der Waals surface area contributed by atoms with Gasteiger partial charge >= 0.3 is 12.1 Å². The zero-order chi connectivity index (χ0) is 15.3. The molecule has 2 rings (SSSR count). The Morgan fingerprint density at radius 1 is 1.19 bits per heavy atom. The van der Waals surface area contributed by atoms with Gasteiger partial charge in [0, 0.05) is 25.3 Å². The van der Waals surface area contributed by atoms with E-state index in [4.69, 9.17) is 0 Å². The summed E-state index contributed by atoms with van der Waals surface area (Å²) >= 11 is 0. The van der Waals surface area contributed by atoms with Crippen LogP contribution in [0.2, 0.25) is 0 Å². The summed E-state index contributed by atoms with van der Waals surface area (Å²) < 4.78 is 36.6. The van der Waals surface area contributed by atoms with Gasteiger partial charge in [-0.25, -0.2) is 5.01 Å². The lowest BCUT2D eigenvalue weighted by Gasteiger charge is -2.27. The van der Waals surface area contributed by atoms with Crippen LogP contribution < -0.4 is 10.7 Å². The fraction of sp³-hybridized carbons (Fsp3) is 0.500. The highest BCUT2D eigenvalue weighted by Gasteiger charge is 2.38.